The van der Waals surface area contributed by atoms with Gasteiger partial charge in [-0.3, -0.25) is 4.79 Å². The molecule has 1 fully saturated rings. The van der Waals surface area contributed by atoms with Gasteiger partial charge in [0.05, 0.1) is 0 Å². The molecule has 98 valence electrons. The number of urea groups is 1. The van der Waals surface area contributed by atoms with Crippen molar-refractivity contribution in [2.24, 2.45) is 0 Å². The second kappa shape index (κ2) is 7.11. The normalized spacial score (nSPS) is 15.8. The summed E-state index contributed by atoms with van der Waals surface area (Å²) in [6.07, 6.45) is 3.45. The molecule has 0 bridgehead atoms. The molecule has 1 rings (SSSR count). The molecule has 1 saturated heterocycles. The largest absolute Gasteiger partial charge is 0.480 e. The maximum Gasteiger partial charge on any atom is 0.323 e. The molecule has 6 nitrogen and oxygen atoms in total. The molecule has 1 heterocycles. The van der Waals surface area contributed by atoms with Crippen LogP contribution in [0.15, 0.2) is 0 Å². The standard InChI is InChI=1S/C11H21N3O3/c1-13(9-10(15)16)11(17)12-5-4-8-14-6-2-3-7-14/h2-9H2,1H3,(H,12,17)(H,15,16). The summed E-state index contributed by atoms with van der Waals surface area (Å²) in [5.74, 6) is -1.00. The van der Waals surface area contributed by atoms with Crippen LogP contribution in [0.5, 0.6) is 0 Å². The van der Waals surface area contributed by atoms with Crippen LogP contribution in [0.4, 0.5) is 4.79 Å². The first-order valence-corrected chi connectivity index (χ1v) is 6.02. The van der Waals surface area contributed by atoms with E-state index in [2.05, 4.69) is 10.2 Å². The van der Waals surface area contributed by atoms with Gasteiger partial charge in [0.15, 0.2) is 0 Å². The van der Waals surface area contributed by atoms with E-state index in [-0.39, 0.29) is 12.6 Å². The Morgan fingerprint density at radius 2 is 2.00 bits per heavy atom. The summed E-state index contributed by atoms with van der Waals surface area (Å²) in [7, 11) is 1.48. The number of hydrogen-bond acceptors (Lipinski definition) is 3. The van der Waals surface area contributed by atoms with E-state index >= 15 is 0 Å². The van der Waals surface area contributed by atoms with Gasteiger partial charge in [0, 0.05) is 13.6 Å². The van der Waals surface area contributed by atoms with Crippen LogP contribution >= 0.6 is 0 Å². The Morgan fingerprint density at radius 1 is 1.35 bits per heavy atom. The summed E-state index contributed by atoms with van der Waals surface area (Å²) in [4.78, 5) is 25.3. The van der Waals surface area contributed by atoms with Gasteiger partial charge in [-0.05, 0) is 38.9 Å². The Balaban J connectivity index is 2.04. The molecule has 2 amide bonds. The summed E-state index contributed by atoms with van der Waals surface area (Å²) >= 11 is 0. The highest BCUT2D eigenvalue weighted by Crippen LogP contribution is 2.06. The van der Waals surface area contributed by atoms with Crippen LogP contribution < -0.4 is 5.32 Å². The number of carboxylic acid groups (broad SMARTS) is 1. The monoisotopic (exact) mass is 243 g/mol. The number of carbonyl (C=O) groups excluding carboxylic acids is 1. The third-order valence-electron chi connectivity index (χ3n) is 2.85. The first-order valence-electron chi connectivity index (χ1n) is 6.02. The number of likely N-dealkylation sites (N-methyl/N-ethyl adjacent to an activating group) is 1. The molecular weight excluding hydrogens is 222 g/mol. The van der Waals surface area contributed by atoms with Crippen molar-refractivity contribution in [2.45, 2.75) is 19.3 Å². The third kappa shape index (κ3) is 5.53. The highest BCUT2D eigenvalue weighted by Gasteiger charge is 2.12. The first-order chi connectivity index (χ1) is 8.09. The van der Waals surface area contributed by atoms with Gasteiger partial charge in [0.1, 0.15) is 6.54 Å². The first kappa shape index (κ1) is 13.8. The van der Waals surface area contributed by atoms with Crippen LogP contribution in [0.3, 0.4) is 0 Å². The maximum absolute atomic E-state index is 11.4. The third-order valence-corrected chi connectivity index (χ3v) is 2.85. The Labute approximate surface area is 102 Å². The van der Waals surface area contributed by atoms with E-state index in [0.29, 0.717) is 6.54 Å². The van der Waals surface area contributed by atoms with E-state index < -0.39 is 5.97 Å². The minimum Gasteiger partial charge on any atom is -0.480 e. The van der Waals surface area contributed by atoms with Gasteiger partial charge in [-0.1, -0.05) is 0 Å². The Kier molecular flexibility index (Phi) is 5.76. The summed E-state index contributed by atoms with van der Waals surface area (Å²) in [6.45, 7) is 3.65. The van der Waals surface area contributed by atoms with E-state index in [1.165, 1.54) is 19.9 Å². The predicted molar refractivity (Wildman–Crippen MR) is 64.0 cm³/mol. The molecule has 0 aromatic rings. The van der Waals surface area contributed by atoms with Gasteiger partial charge < -0.3 is 20.2 Å². The number of rotatable bonds is 6. The van der Waals surface area contributed by atoms with Gasteiger partial charge in [-0.15, -0.1) is 0 Å². The summed E-state index contributed by atoms with van der Waals surface area (Å²) < 4.78 is 0. The topological polar surface area (TPSA) is 72.9 Å². The predicted octanol–water partition coefficient (Wildman–Crippen LogP) is 0.198. The van der Waals surface area contributed by atoms with E-state index in [0.717, 1.165) is 31.0 Å². The zero-order valence-electron chi connectivity index (χ0n) is 10.3. The van der Waals surface area contributed by atoms with Crippen LogP contribution in [0.1, 0.15) is 19.3 Å². The molecule has 0 atom stereocenters. The Morgan fingerprint density at radius 3 is 2.59 bits per heavy atom. The molecule has 2 N–H and O–H groups in total. The second-order valence-electron chi connectivity index (χ2n) is 4.38. The Hall–Kier alpha value is -1.30. The zero-order valence-corrected chi connectivity index (χ0v) is 10.3. The fourth-order valence-electron chi connectivity index (χ4n) is 1.91. The maximum atomic E-state index is 11.4. The summed E-state index contributed by atoms with van der Waals surface area (Å²) in [5, 5.41) is 11.2. The van der Waals surface area contributed by atoms with E-state index in [9.17, 15) is 9.59 Å². The number of nitrogens with one attached hydrogen (secondary N) is 1. The fourth-order valence-corrected chi connectivity index (χ4v) is 1.91. The van der Waals surface area contributed by atoms with Gasteiger partial charge in [0.2, 0.25) is 0 Å². The number of carbonyl (C=O) groups is 2. The van der Waals surface area contributed by atoms with Crippen molar-refractivity contribution in [1.29, 1.82) is 0 Å². The molecule has 1 aliphatic rings. The molecule has 0 unspecified atom stereocenters. The molecule has 0 aliphatic carbocycles. The number of hydrogen-bond donors (Lipinski definition) is 2. The average Bonchev–Trinajstić information content (AvgIpc) is 2.75. The number of likely N-dealkylation sites (tertiary alicyclic amines) is 1. The molecule has 6 heteroatoms. The van der Waals surface area contributed by atoms with Crippen LogP contribution in [-0.4, -0.2) is 66.7 Å². The number of amides is 2. The molecule has 0 aromatic carbocycles. The molecule has 0 saturated carbocycles. The minimum absolute atomic E-state index is 0.266. The lowest BCUT2D eigenvalue weighted by molar-refractivity contribution is -0.137. The van der Waals surface area contributed by atoms with Crippen LogP contribution in [0.2, 0.25) is 0 Å². The van der Waals surface area contributed by atoms with Gasteiger partial charge in [0.25, 0.3) is 0 Å². The lowest BCUT2D eigenvalue weighted by Crippen LogP contribution is -2.41. The van der Waals surface area contributed by atoms with Crippen LogP contribution in [0, 0.1) is 0 Å². The molecule has 17 heavy (non-hydrogen) atoms. The lowest BCUT2D eigenvalue weighted by atomic mass is 10.4. The van der Waals surface area contributed by atoms with Crippen molar-refractivity contribution >= 4 is 12.0 Å². The second-order valence-corrected chi connectivity index (χ2v) is 4.38. The molecule has 1 aliphatic heterocycles. The molecule has 0 radical (unpaired) electrons. The van der Waals surface area contributed by atoms with Crippen molar-refractivity contribution in [2.75, 3.05) is 39.8 Å². The smallest absolute Gasteiger partial charge is 0.323 e. The van der Waals surface area contributed by atoms with Crippen molar-refractivity contribution in [1.82, 2.24) is 15.1 Å². The summed E-state index contributed by atoms with van der Waals surface area (Å²) in [5.41, 5.74) is 0. The van der Waals surface area contributed by atoms with E-state index in [1.54, 1.807) is 0 Å². The fraction of sp³-hybridized carbons (Fsp3) is 0.818. The van der Waals surface area contributed by atoms with Gasteiger partial charge in [-0.2, -0.15) is 0 Å². The number of aliphatic carboxylic acids is 1. The minimum atomic E-state index is -1.00. The van der Waals surface area contributed by atoms with Gasteiger partial charge in [-0.25, -0.2) is 4.79 Å². The van der Waals surface area contributed by atoms with Crippen molar-refractivity contribution < 1.29 is 14.7 Å². The van der Waals surface area contributed by atoms with Crippen LogP contribution in [0.25, 0.3) is 0 Å². The van der Waals surface area contributed by atoms with E-state index in [1.807, 2.05) is 0 Å². The highest BCUT2D eigenvalue weighted by molar-refractivity contribution is 5.79. The Bertz CT molecular complexity index is 265. The van der Waals surface area contributed by atoms with Crippen molar-refractivity contribution in [3.8, 4) is 0 Å². The zero-order chi connectivity index (χ0) is 12.7. The van der Waals surface area contributed by atoms with Crippen molar-refractivity contribution in [3.05, 3.63) is 0 Å². The van der Waals surface area contributed by atoms with Crippen LogP contribution in [-0.2, 0) is 4.79 Å². The highest BCUT2D eigenvalue weighted by atomic mass is 16.4. The molecule has 0 spiro atoms. The SMILES string of the molecule is CN(CC(=O)O)C(=O)NCCCN1CCCC1. The number of carboxylic acids is 1. The van der Waals surface area contributed by atoms with Gasteiger partial charge >= 0.3 is 12.0 Å². The lowest BCUT2D eigenvalue weighted by Gasteiger charge is -2.17. The van der Waals surface area contributed by atoms with E-state index in [4.69, 9.17) is 5.11 Å². The summed E-state index contributed by atoms with van der Waals surface area (Å²) in [6, 6.07) is -0.325. The van der Waals surface area contributed by atoms with Crippen molar-refractivity contribution in [3.63, 3.8) is 0 Å². The average molecular weight is 243 g/mol. The number of nitrogens with zero attached hydrogens (tertiary/aromatic N) is 2. The molecular formula is C11H21N3O3. The quantitative estimate of drug-likeness (QED) is 0.654. The molecule has 0 aromatic heterocycles.